The summed E-state index contributed by atoms with van der Waals surface area (Å²) in [5.74, 6) is 0.158. The van der Waals surface area contributed by atoms with E-state index >= 15 is 0 Å². The molecule has 0 bridgehead atoms. The molecule has 1 aliphatic carbocycles. The Hall–Kier alpha value is -2.47. The predicted octanol–water partition coefficient (Wildman–Crippen LogP) is 3.22. The Morgan fingerprint density at radius 3 is 2.89 bits per heavy atom. The Morgan fingerprint density at radius 2 is 2.19 bits per heavy atom. The minimum absolute atomic E-state index is 0.0715. The van der Waals surface area contributed by atoms with E-state index < -0.39 is 0 Å². The number of rotatable bonds is 8. The van der Waals surface area contributed by atoms with Crippen molar-refractivity contribution in [2.24, 2.45) is 5.92 Å². The van der Waals surface area contributed by atoms with E-state index in [9.17, 15) is 9.18 Å². The summed E-state index contributed by atoms with van der Waals surface area (Å²) < 4.78 is 16.0. The molecular weight excluding hydrogens is 343 g/mol. The molecule has 0 aliphatic heterocycles. The lowest BCUT2D eigenvalue weighted by atomic mass is 10.1. The molecule has 5 nitrogen and oxygen atoms in total. The number of hydrogen-bond acceptors (Lipinski definition) is 3. The zero-order chi connectivity index (χ0) is 19.2. The zero-order valence-corrected chi connectivity index (χ0v) is 16.0. The number of nitrogens with zero attached hydrogens (tertiary/aromatic N) is 3. The van der Waals surface area contributed by atoms with Crippen molar-refractivity contribution >= 4 is 5.91 Å². The first-order valence-corrected chi connectivity index (χ1v) is 9.42. The lowest BCUT2D eigenvalue weighted by Gasteiger charge is -2.13. The molecule has 2 aromatic rings. The van der Waals surface area contributed by atoms with Gasteiger partial charge in [0.1, 0.15) is 5.82 Å². The van der Waals surface area contributed by atoms with Crippen LogP contribution in [0.3, 0.4) is 0 Å². The molecule has 6 heteroatoms. The van der Waals surface area contributed by atoms with Gasteiger partial charge in [-0.05, 0) is 51.1 Å². The van der Waals surface area contributed by atoms with E-state index in [0.717, 1.165) is 18.5 Å². The van der Waals surface area contributed by atoms with Gasteiger partial charge in [-0.2, -0.15) is 5.10 Å². The Morgan fingerprint density at radius 1 is 1.37 bits per heavy atom. The second-order valence-corrected chi connectivity index (χ2v) is 7.28. The minimum atomic E-state index is -0.281. The van der Waals surface area contributed by atoms with Crippen LogP contribution < -0.4 is 5.32 Å². The summed E-state index contributed by atoms with van der Waals surface area (Å²) in [6.45, 7) is 1.76. The molecule has 1 aromatic carbocycles. The predicted molar refractivity (Wildman–Crippen MR) is 105 cm³/mol. The summed E-state index contributed by atoms with van der Waals surface area (Å²) in [5.41, 5.74) is 2.10. The molecule has 1 N–H and O–H groups in total. The van der Waals surface area contributed by atoms with Crippen LogP contribution >= 0.6 is 0 Å². The molecule has 0 saturated heterocycles. The van der Waals surface area contributed by atoms with Gasteiger partial charge in [-0.15, -0.1) is 0 Å². The summed E-state index contributed by atoms with van der Waals surface area (Å²) in [4.78, 5) is 14.1. The van der Waals surface area contributed by atoms with Crippen LogP contribution in [0, 0.1) is 11.7 Å². The molecule has 144 valence electrons. The first kappa shape index (κ1) is 19.3. The van der Waals surface area contributed by atoms with Gasteiger partial charge in [0.15, 0.2) is 0 Å². The van der Waals surface area contributed by atoms with Gasteiger partial charge in [0.25, 0.3) is 0 Å². The highest BCUT2D eigenvalue weighted by Gasteiger charge is 2.15. The number of amides is 1. The lowest BCUT2D eigenvalue weighted by Crippen LogP contribution is -2.29. The molecule has 1 atom stereocenters. The number of aromatic nitrogens is 2. The van der Waals surface area contributed by atoms with Crippen LogP contribution in [0.5, 0.6) is 0 Å². The van der Waals surface area contributed by atoms with Crippen molar-refractivity contribution in [3.63, 3.8) is 0 Å². The van der Waals surface area contributed by atoms with Crippen molar-refractivity contribution in [3.8, 4) is 11.3 Å². The quantitative estimate of drug-likeness (QED) is 0.726. The molecule has 0 spiro atoms. The van der Waals surface area contributed by atoms with Gasteiger partial charge in [-0.25, -0.2) is 4.39 Å². The highest BCUT2D eigenvalue weighted by atomic mass is 19.1. The van der Waals surface area contributed by atoms with Gasteiger partial charge in [-0.3, -0.25) is 9.48 Å². The van der Waals surface area contributed by atoms with Crippen LogP contribution in [-0.2, 0) is 17.9 Å². The smallest absolute Gasteiger partial charge is 0.220 e. The van der Waals surface area contributed by atoms with Gasteiger partial charge < -0.3 is 10.2 Å². The molecule has 0 unspecified atom stereocenters. The maximum Gasteiger partial charge on any atom is 0.220 e. The largest absolute Gasteiger partial charge is 0.354 e. The fraction of sp³-hybridized carbons (Fsp3) is 0.429. The van der Waals surface area contributed by atoms with E-state index in [1.54, 1.807) is 18.2 Å². The van der Waals surface area contributed by atoms with Gasteiger partial charge >= 0.3 is 0 Å². The molecule has 1 aromatic heterocycles. The van der Waals surface area contributed by atoms with Gasteiger partial charge in [0, 0.05) is 25.1 Å². The highest BCUT2D eigenvalue weighted by molar-refractivity contribution is 5.76. The van der Waals surface area contributed by atoms with Crippen molar-refractivity contribution in [1.82, 2.24) is 20.0 Å². The fourth-order valence-electron chi connectivity index (χ4n) is 3.38. The molecule has 1 heterocycles. The van der Waals surface area contributed by atoms with Crippen LogP contribution in [0.4, 0.5) is 4.39 Å². The minimum Gasteiger partial charge on any atom is -0.354 e. The third-order valence-corrected chi connectivity index (χ3v) is 4.70. The van der Waals surface area contributed by atoms with E-state index in [4.69, 9.17) is 0 Å². The average Bonchev–Trinajstić information content (AvgIpc) is 3.25. The summed E-state index contributed by atoms with van der Waals surface area (Å²) >= 11 is 0. The van der Waals surface area contributed by atoms with E-state index in [1.165, 1.54) is 6.07 Å². The topological polar surface area (TPSA) is 50.2 Å². The van der Waals surface area contributed by atoms with E-state index in [-0.39, 0.29) is 11.7 Å². The maximum atomic E-state index is 14.1. The molecule has 0 saturated carbocycles. The SMILES string of the molecule is CN(C)Cc1cc(-c2ccccc2F)nn1CCNC(=O)C[C@H]1C=CCC1. The molecule has 0 fully saturated rings. The second-order valence-electron chi connectivity index (χ2n) is 7.28. The summed E-state index contributed by atoms with van der Waals surface area (Å²) in [7, 11) is 3.97. The Bertz CT molecular complexity index is 812. The Labute approximate surface area is 159 Å². The molecule has 3 rings (SSSR count). The fourth-order valence-corrected chi connectivity index (χ4v) is 3.38. The molecule has 1 aliphatic rings. The number of hydrogen-bond donors (Lipinski definition) is 1. The number of benzene rings is 1. The van der Waals surface area contributed by atoms with Crippen LogP contribution in [-0.4, -0.2) is 41.2 Å². The van der Waals surface area contributed by atoms with Gasteiger partial charge in [-0.1, -0.05) is 24.3 Å². The Balaban J connectivity index is 1.65. The number of allylic oxidation sites excluding steroid dienone is 2. The monoisotopic (exact) mass is 370 g/mol. The van der Waals surface area contributed by atoms with Crippen LogP contribution in [0.15, 0.2) is 42.5 Å². The van der Waals surface area contributed by atoms with Crippen molar-refractivity contribution in [3.05, 3.63) is 54.0 Å². The normalized spacial score (nSPS) is 16.2. The number of carbonyl (C=O) groups is 1. The standard InChI is InChI=1S/C21H27FN4O/c1-25(2)15-17-14-20(18-9-5-6-10-19(18)22)24-26(17)12-11-23-21(27)13-16-7-3-4-8-16/h3,5-7,9-10,14,16H,4,8,11-13,15H2,1-2H3,(H,23,27)/t16-/m0/s1. The van der Waals surface area contributed by atoms with Crippen molar-refractivity contribution in [2.45, 2.75) is 32.4 Å². The van der Waals surface area contributed by atoms with E-state index in [2.05, 4.69) is 22.6 Å². The summed E-state index contributed by atoms with van der Waals surface area (Å²) in [6, 6.07) is 8.58. The molecule has 0 radical (unpaired) electrons. The van der Waals surface area contributed by atoms with Crippen LogP contribution in [0.2, 0.25) is 0 Å². The van der Waals surface area contributed by atoms with Crippen molar-refractivity contribution < 1.29 is 9.18 Å². The highest BCUT2D eigenvalue weighted by Crippen LogP contribution is 2.23. The number of nitrogens with one attached hydrogen (secondary N) is 1. The van der Waals surface area contributed by atoms with E-state index in [1.807, 2.05) is 29.7 Å². The third-order valence-electron chi connectivity index (χ3n) is 4.70. The van der Waals surface area contributed by atoms with Gasteiger partial charge in [0.2, 0.25) is 5.91 Å². The summed E-state index contributed by atoms with van der Waals surface area (Å²) in [6.07, 6.45) is 6.94. The van der Waals surface area contributed by atoms with Crippen LogP contribution in [0.1, 0.15) is 25.0 Å². The first-order chi connectivity index (χ1) is 13.0. The van der Waals surface area contributed by atoms with Crippen LogP contribution in [0.25, 0.3) is 11.3 Å². The first-order valence-electron chi connectivity index (χ1n) is 9.42. The van der Waals surface area contributed by atoms with Crippen molar-refractivity contribution in [2.75, 3.05) is 20.6 Å². The average molecular weight is 370 g/mol. The maximum absolute atomic E-state index is 14.1. The molecule has 1 amide bonds. The zero-order valence-electron chi connectivity index (χ0n) is 16.0. The van der Waals surface area contributed by atoms with E-state index in [0.29, 0.717) is 43.2 Å². The number of halogens is 1. The molecular formula is C21H27FN4O. The van der Waals surface area contributed by atoms with Gasteiger partial charge in [0.05, 0.1) is 17.9 Å². The number of carbonyl (C=O) groups excluding carboxylic acids is 1. The second kappa shape index (κ2) is 8.95. The molecule has 27 heavy (non-hydrogen) atoms. The lowest BCUT2D eigenvalue weighted by molar-refractivity contribution is -0.121. The Kier molecular flexibility index (Phi) is 6.40. The van der Waals surface area contributed by atoms with Crippen molar-refractivity contribution in [1.29, 1.82) is 0 Å². The third kappa shape index (κ3) is 5.26. The summed E-state index contributed by atoms with van der Waals surface area (Å²) in [5, 5.41) is 7.56.